The minimum absolute atomic E-state index is 0.130. The number of aromatic nitrogens is 3. The average Bonchev–Trinajstić information content (AvgIpc) is 3.50. The topological polar surface area (TPSA) is 94.4 Å². The zero-order chi connectivity index (χ0) is 23.3. The van der Waals surface area contributed by atoms with E-state index in [0.29, 0.717) is 35.9 Å². The molecule has 10 heteroatoms. The fraction of sp³-hybridized carbons (Fsp3) is 0.261. The molecule has 4 rings (SSSR count). The number of hydrogen-bond donors (Lipinski definition) is 0. The first kappa shape index (κ1) is 22.9. The third kappa shape index (κ3) is 5.40. The summed E-state index contributed by atoms with van der Waals surface area (Å²) in [6.07, 6.45) is 5.83. The van der Waals surface area contributed by atoms with Gasteiger partial charge in [-0.05, 0) is 30.7 Å². The van der Waals surface area contributed by atoms with Crippen LogP contribution in [0.2, 0.25) is 0 Å². The predicted octanol–water partition coefficient (Wildman–Crippen LogP) is 3.79. The number of para-hydroxylation sites is 1. The number of imidazole rings is 1. The van der Waals surface area contributed by atoms with Crippen molar-refractivity contribution in [3.05, 3.63) is 67.3 Å². The zero-order valence-electron chi connectivity index (χ0n) is 18.1. The van der Waals surface area contributed by atoms with E-state index in [1.165, 1.54) is 11.3 Å². The van der Waals surface area contributed by atoms with Crippen molar-refractivity contribution in [2.24, 2.45) is 0 Å². The summed E-state index contributed by atoms with van der Waals surface area (Å²) in [6.45, 7) is 1.09. The molecule has 8 nitrogen and oxygen atoms in total. The lowest BCUT2D eigenvalue weighted by molar-refractivity contribution is -0.118. The van der Waals surface area contributed by atoms with E-state index in [2.05, 4.69) is 9.97 Å². The number of fused-ring (bicyclic) bond motifs is 1. The molecule has 1 amide bonds. The first-order valence-electron chi connectivity index (χ1n) is 10.5. The lowest BCUT2D eigenvalue weighted by atomic mass is 10.3. The first-order chi connectivity index (χ1) is 16.0. The van der Waals surface area contributed by atoms with Crippen LogP contribution >= 0.6 is 11.3 Å². The van der Waals surface area contributed by atoms with E-state index < -0.39 is 9.84 Å². The maximum Gasteiger partial charge on any atom is 0.229 e. The Labute approximate surface area is 196 Å². The molecular weight excluding hydrogens is 460 g/mol. The maximum atomic E-state index is 13.2. The van der Waals surface area contributed by atoms with E-state index >= 15 is 0 Å². The van der Waals surface area contributed by atoms with Crippen LogP contribution in [0.3, 0.4) is 0 Å². The van der Waals surface area contributed by atoms with Crippen LogP contribution in [0.25, 0.3) is 10.2 Å². The SMILES string of the molecule is COc1cccc2sc(N(CCCn3ccnc3)C(=O)CCS(=O)(=O)c3ccccc3)nc12. The largest absolute Gasteiger partial charge is 0.494 e. The summed E-state index contributed by atoms with van der Waals surface area (Å²) >= 11 is 1.39. The van der Waals surface area contributed by atoms with Crippen LogP contribution in [-0.4, -0.2) is 48.3 Å². The number of methoxy groups -OCH3 is 1. The van der Waals surface area contributed by atoms with Crippen LogP contribution < -0.4 is 9.64 Å². The molecule has 0 aliphatic heterocycles. The highest BCUT2D eigenvalue weighted by Crippen LogP contribution is 2.34. The van der Waals surface area contributed by atoms with Gasteiger partial charge in [0.1, 0.15) is 11.3 Å². The van der Waals surface area contributed by atoms with E-state index in [4.69, 9.17) is 4.74 Å². The van der Waals surface area contributed by atoms with E-state index in [1.807, 2.05) is 29.0 Å². The molecule has 0 atom stereocenters. The number of thiazole rings is 1. The van der Waals surface area contributed by atoms with Crippen LogP contribution in [0.4, 0.5) is 5.13 Å². The van der Waals surface area contributed by atoms with Gasteiger partial charge >= 0.3 is 0 Å². The third-order valence-electron chi connectivity index (χ3n) is 5.17. The first-order valence-corrected chi connectivity index (χ1v) is 12.9. The predicted molar refractivity (Wildman–Crippen MR) is 128 cm³/mol. The molecule has 2 aromatic heterocycles. The minimum atomic E-state index is -3.56. The highest BCUT2D eigenvalue weighted by Gasteiger charge is 2.23. The van der Waals surface area contributed by atoms with E-state index in [0.717, 1.165) is 4.70 Å². The minimum Gasteiger partial charge on any atom is -0.494 e. The molecule has 0 N–H and O–H groups in total. The number of nitrogens with zero attached hydrogens (tertiary/aromatic N) is 4. The standard InChI is InChI=1S/C23H24N4O4S2/c1-31-19-9-5-10-20-22(19)25-23(32-20)27(14-6-13-26-15-12-24-17-26)21(28)11-16-33(29,30)18-7-3-2-4-8-18/h2-5,7-10,12,15,17H,6,11,13-14,16H2,1H3. The number of carbonyl (C=O) groups excluding carboxylic acids is 1. The van der Waals surface area contributed by atoms with Crippen molar-refractivity contribution in [2.75, 3.05) is 24.3 Å². The van der Waals surface area contributed by atoms with E-state index in [1.54, 1.807) is 54.9 Å². The van der Waals surface area contributed by atoms with Gasteiger partial charge in [0.05, 0.1) is 28.8 Å². The number of ether oxygens (including phenoxy) is 1. The highest BCUT2D eigenvalue weighted by atomic mass is 32.2. The van der Waals surface area contributed by atoms with Crippen molar-refractivity contribution in [2.45, 2.75) is 24.3 Å². The number of carbonyl (C=O) groups is 1. The van der Waals surface area contributed by atoms with Crippen LogP contribution in [0.1, 0.15) is 12.8 Å². The zero-order valence-corrected chi connectivity index (χ0v) is 19.8. The van der Waals surface area contributed by atoms with Gasteiger partial charge in [-0.1, -0.05) is 35.6 Å². The second kappa shape index (κ2) is 10.1. The van der Waals surface area contributed by atoms with Crippen molar-refractivity contribution in [1.29, 1.82) is 0 Å². The fourth-order valence-electron chi connectivity index (χ4n) is 3.45. The Balaban J connectivity index is 1.54. The van der Waals surface area contributed by atoms with Gasteiger partial charge in [0.25, 0.3) is 0 Å². The molecule has 0 aliphatic carbocycles. The molecule has 0 bridgehead atoms. The molecule has 0 radical (unpaired) electrons. The van der Waals surface area contributed by atoms with E-state index in [9.17, 15) is 13.2 Å². The molecule has 0 saturated carbocycles. The van der Waals surface area contributed by atoms with Crippen LogP contribution in [0.5, 0.6) is 5.75 Å². The Hall–Kier alpha value is -3.24. The summed E-state index contributed by atoms with van der Waals surface area (Å²) in [5.41, 5.74) is 0.685. The molecule has 2 aromatic carbocycles. The lowest BCUT2D eigenvalue weighted by Gasteiger charge is -2.20. The molecule has 0 unspecified atom stereocenters. The van der Waals surface area contributed by atoms with Gasteiger partial charge in [-0.3, -0.25) is 9.69 Å². The smallest absolute Gasteiger partial charge is 0.229 e. The Morgan fingerprint density at radius 3 is 2.70 bits per heavy atom. The third-order valence-corrected chi connectivity index (χ3v) is 7.94. The van der Waals surface area contributed by atoms with Crippen LogP contribution in [0.15, 0.2) is 72.1 Å². The number of sulfone groups is 1. The molecule has 2 heterocycles. The summed E-state index contributed by atoms with van der Waals surface area (Å²) < 4.78 is 33.6. The fourth-order valence-corrected chi connectivity index (χ4v) is 5.73. The number of hydrogen-bond acceptors (Lipinski definition) is 7. The summed E-state index contributed by atoms with van der Waals surface area (Å²) in [5.74, 6) is 0.0906. The monoisotopic (exact) mass is 484 g/mol. The second-order valence-electron chi connectivity index (χ2n) is 7.38. The summed E-state index contributed by atoms with van der Waals surface area (Å²) in [6, 6.07) is 13.8. The highest BCUT2D eigenvalue weighted by molar-refractivity contribution is 7.91. The van der Waals surface area contributed by atoms with Gasteiger partial charge in [-0.15, -0.1) is 0 Å². The number of anilines is 1. The van der Waals surface area contributed by atoms with Crippen molar-refractivity contribution < 1.29 is 17.9 Å². The number of rotatable bonds is 10. The van der Waals surface area contributed by atoms with Gasteiger partial charge < -0.3 is 9.30 Å². The van der Waals surface area contributed by atoms with Gasteiger partial charge in [0.15, 0.2) is 15.0 Å². The van der Waals surface area contributed by atoms with Crippen molar-refractivity contribution in [3.8, 4) is 5.75 Å². The summed E-state index contributed by atoms with van der Waals surface area (Å²) in [4.78, 5) is 23.7. The molecule has 172 valence electrons. The molecule has 0 spiro atoms. The van der Waals surface area contributed by atoms with E-state index in [-0.39, 0.29) is 23.0 Å². The molecule has 0 saturated heterocycles. The number of amides is 1. The maximum absolute atomic E-state index is 13.2. The molecular formula is C23H24N4O4S2. The normalized spacial score (nSPS) is 11.5. The molecule has 0 aliphatic rings. The van der Waals surface area contributed by atoms with Gasteiger partial charge in [-0.2, -0.15) is 0 Å². The number of benzene rings is 2. The van der Waals surface area contributed by atoms with Crippen molar-refractivity contribution >= 4 is 42.4 Å². The Bertz CT molecular complexity index is 1320. The Morgan fingerprint density at radius 2 is 1.97 bits per heavy atom. The summed E-state index contributed by atoms with van der Waals surface area (Å²) in [7, 11) is -1.98. The van der Waals surface area contributed by atoms with Crippen molar-refractivity contribution in [3.63, 3.8) is 0 Å². The number of aryl methyl sites for hydroxylation is 1. The van der Waals surface area contributed by atoms with Gasteiger partial charge in [-0.25, -0.2) is 18.4 Å². The second-order valence-corrected chi connectivity index (χ2v) is 10.5. The van der Waals surface area contributed by atoms with Crippen LogP contribution in [0, 0.1) is 0 Å². The lowest BCUT2D eigenvalue weighted by Crippen LogP contribution is -2.33. The summed E-state index contributed by atoms with van der Waals surface area (Å²) in [5, 5.41) is 0.530. The van der Waals surface area contributed by atoms with Crippen molar-refractivity contribution in [1.82, 2.24) is 14.5 Å². The van der Waals surface area contributed by atoms with Gasteiger partial charge in [0.2, 0.25) is 5.91 Å². The Morgan fingerprint density at radius 1 is 1.15 bits per heavy atom. The Kier molecular flexibility index (Phi) is 7.05. The average molecular weight is 485 g/mol. The quantitative estimate of drug-likeness (QED) is 0.340. The van der Waals surface area contributed by atoms with Gasteiger partial charge in [0, 0.05) is 31.9 Å². The molecule has 33 heavy (non-hydrogen) atoms. The molecule has 4 aromatic rings. The van der Waals surface area contributed by atoms with Crippen LogP contribution in [-0.2, 0) is 21.2 Å². The molecule has 0 fully saturated rings.